The van der Waals surface area contributed by atoms with Gasteiger partial charge in [0.05, 0.1) is 0 Å². The monoisotopic (exact) mass is 320 g/mol. The second-order valence-electron chi connectivity index (χ2n) is 4.85. The highest BCUT2D eigenvalue weighted by Crippen LogP contribution is 2.27. The lowest BCUT2D eigenvalue weighted by Gasteiger charge is -2.35. The summed E-state index contributed by atoms with van der Waals surface area (Å²) in [6.07, 6.45) is 2.67. The number of piperazine rings is 1. The maximum Gasteiger partial charge on any atom is 0.128 e. The van der Waals surface area contributed by atoms with Crippen LogP contribution in [0.2, 0.25) is 0 Å². The average Bonchev–Trinajstić information content (AvgIpc) is 2.38. The molecule has 0 bridgehead atoms. The van der Waals surface area contributed by atoms with Crippen molar-refractivity contribution in [2.24, 2.45) is 0 Å². The van der Waals surface area contributed by atoms with Crippen molar-refractivity contribution in [3.63, 3.8) is 0 Å². The smallest absolute Gasteiger partial charge is 0.128 e. The highest BCUT2D eigenvalue weighted by Gasteiger charge is 2.23. The number of hydrogen-bond acceptors (Lipinski definition) is 2. The number of aryl methyl sites for hydroxylation is 1. The largest absolute Gasteiger partial charge is 0.314 e. The molecule has 5 heteroatoms. The summed E-state index contributed by atoms with van der Waals surface area (Å²) in [6.45, 7) is 9.60. The van der Waals surface area contributed by atoms with Crippen LogP contribution in [0, 0.1) is 12.7 Å². The Hall–Kier alpha value is -0.610. The first-order valence-electron chi connectivity index (χ1n) is 6.54. The van der Waals surface area contributed by atoms with Crippen molar-refractivity contribution < 1.29 is 4.39 Å². The molecular weight excluding hydrogens is 298 g/mol. The molecule has 2 rings (SSSR count). The summed E-state index contributed by atoms with van der Waals surface area (Å²) in [5, 5.41) is 3.33. The topological polar surface area (TPSA) is 15.3 Å². The molecule has 1 N–H and O–H groups in total. The van der Waals surface area contributed by atoms with Gasteiger partial charge in [0.1, 0.15) is 5.82 Å². The van der Waals surface area contributed by atoms with Gasteiger partial charge in [0.15, 0.2) is 0 Å². The Labute approximate surface area is 133 Å². The minimum Gasteiger partial charge on any atom is -0.314 e. The molecule has 1 aliphatic heterocycles. The van der Waals surface area contributed by atoms with Crippen LogP contribution in [0.5, 0.6) is 0 Å². The van der Waals surface area contributed by atoms with Gasteiger partial charge in [-0.2, -0.15) is 0 Å². The molecule has 0 saturated carbocycles. The molecule has 1 fully saturated rings. The minimum absolute atomic E-state index is 0. The Balaban J connectivity index is 0.00000180. The molecule has 2 nitrogen and oxygen atoms in total. The van der Waals surface area contributed by atoms with Crippen molar-refractivity contribution in [3.8, 4) is 0 Å². The summed E-state index contributed by atoms with van der Waals surface area (Å²) in [5.74, 6) is -0.0969. The molecule has 0 aromatic heterocycles. The Morgan fingerprint density at radius 2 is 2.00 bits per heavy atom. The third-order valence-electron chi connectivity index (χ3n) is 3.50. The van der Waals surface area contributed by atoms with E-state index in [1.165, 1.54) is 0 Å². The number of hydrogen-bond donors (Lipinski definition) is 1. The van der Waals surface area contributed by atoms with E-state index in [9.17, 15) is 4.39 Å². The predicted octanol–water partition coefficient (Wildman–Crippen LogP) is 3.50. The van der Waals surface area contributed by atoms with Crippen LogP contribution in [0.1, 0.15) is 23.6 Å². The molecule has 0 amide bonds. The molecule has 1 atom stereocenters. The first kappa shape index (κ1) is 19.4. The summed E-state index contributed by atoms with van der Waals surface area (Å²) in [4.78, 5) is 2.34. The van der Waals surface area contributed by atoms with Crippen LogP contribution in [0.4, 0.5) is 4.39 Å². The summed E-state index contributed by atoms with van der Waals surface area (Å²) < 4.78 is 14.1. The molecule has 1 aromatic carbocycles. The van der Waals surface area contributed by atoms with E-state index in [0.717, 1.165) is 43.7 Å². The number of benzene rings is 1. The molecule has 1 aromatic rings. The van der Waals surface area contributed by atoms with Gasteiger partial charge in [0.2, 0.25) is 0 Å². The zero-order chi connectivity index (χ0) is 13.0. The highest BCUT2D eigenvalue weighted by atomic mass is 35.5. The lowest BCUT2D eigenvalue weighted by molar-refractivity contribution is 0.171. The Morgan fingerprint density at radius 3 is 2.55 bits per heavy atom. The molecule has 0 unspecified atom stereocenters. The lowest BCUT2D eigenvalue weighted by atomic mass is 9.99. The van der Waals surface area contributed by atoms with Crippen molar-refractivity contribution in [1.82, 2.24) is 10.2 Å². The SMILES string of the molecule is C=CC[C@@H](c1ccc(C)cc1F)N1CCNCC1.Cl.Cl. The van der Waals surface area contributed by atoms with Crippen molar-refractivity contribution in [3.05, 3.63) is 47.8 Å². The van der Waals surface area contributed by atoms with Crippen molar-refractivity contribution in [2.75, 3.05) is 26.2 Å². The number of halogens is 3. The first-order valence-corrected chi connectivity index (χ1v) is 6.54. The average molecular weight is 321 g/mol. The van der Waals surface area contributed by atoms with Crippen LogP contribution in [-0.4, -0.2) is 31.1 Å². The van der Waals surface area contributed by atoms with E-state index in [4.69, 9.17) is 0 Å². The fraction of sp³-hybridized carbons (Fsp3) is 0.467. The Kier molecular flexibility index (Phi) is 9.06. The van der Waals surface area contributed by atoms with E-state index >= 15 is 0 Å². The summed E-state index contributed by atoms with van der Waals surface area (Å²) >= 11 is 0. The van der Waals surface area contributed by atoms with Crippen molar-refractivity contribution in [2.45, 2.75) is 19.4 Å². The molecule has 1 heterocycles. The van der Waals surface area contributed by atoms with Gasteiger partial charge >= 0.3 is 0 Å². The van der Waals surface area contributed by atoms with Crippen LogP contribution >= 0.6 is 24.8 Å². The first-order chi connectivity index (χ1) is 8.72. The summed E-state index contributed by atoms with van der Waals surface area (Å²) in [7, 11) is 0. The molecule has 1 aliphatic rings. The second-order valence-corrected chi connectivity index (χ2v) is 4.85. The summed E-state index contributed by atoms with van der Waals surface area (Å²) in [6, 6.07) is 5.63. The molecule has 114 valence electrons. The molecule has 1 saturated heterocycles. The quantitative estimate of drug-likeness (QED) is 0.854. The maximum atomic E-state index is 14.1. The zero-order valence-corrected chi connectivity index (χ0v) is 13.4. The van der Waals surface area contributed by atoms with Crippen molar-refractivity contribution >= 4 is 24.8 Å². The normalized spacial score (nSPS) is 16.7. The van der Waals surface area contributed by atoms with Gasteiger partial charge in [-0.3, -0.25) is 4.90 Å². The fourth-order valence-corrected chi connectivity index (χ4v) is 2.53. The molecule has 0 radical (unpaired) electrons. The van der Waals surface area contributed by atoms with Gasteiger partial charge < -0.3 is 5.32 Å². The molecule has 0 aliphatic carbocycles. The van der Waals surface area contributed by atoms with E-state index in [1.54, 1.807) is 6.07 Å². The maximum absolute atomic E-state index is 14.1. The third kappa shape index (κ3) is 4.74. The van der Waals surface area contributed by atoms with Gasteiger partial charge in [0, 0.05) is 37.8 Å². The fourth-order valence-electron chi connectivity index (χ4n) is 2.53. The number of nitrogens with one attached hydrogen (secondary N) is 1. The van der Waals surface area contributed by atoms with Crippen LogP contribution in [-0.2, 0) is 0 Å². The lowest BCUT2D eigenvalue weighted by Crippen LogP contribution is -2.45. The van der Waals surface area contributed by atoms with E-state index in [1.807, 2.05) is 25.1 Å². The molecule has 0 spiro atoms. The summed E-state index contributed by atoms with van der Waals surface area (Å²) in [5.41, 5.74) is 1.76. The minimum atomic E-state index is -0.0969. The zero-order valence-electron chi connectivity index (χ0n) is 11.8. The van der Waals surface area contributed by atoms with Crippen LogP contribution in [0.25, 0.3) is 0 Å². The van der Waals surface area contributed by atoms with Crippen LogP contribution in [0.15, 0.2) is 30.9 Å². The van der Waals surface area contributed by atoms with E-state index in [0.29, 0.717) is 0 Å². The standard InChI is InChI=1S/C15H21FN2.2ClH/c1-3-4-15(18-9-7-17-8-10-18)13-6-5-12(2)11-14(13)16;;/h3,5-6,11,15,17H,1,4,7-10H2,2H3;2*1H/t15-;;/m0../s1. The van der Waals surface area contributed by atoms with Crippen molar-refractivity contribution in [1.29, 1.82) is 0 Å². The van der Waals surface area contributed by atoms with E-state index in [2.05, 4.69) is 16.8 Å². The molecular formula is C15H23Cl2FN2. The third-order valence-corrected chi connectivity index (χ3v) is 3.50. The van der Waals surface area contributed by atoms with Crippen LogP contribution in [0.3, 0.4) is 0 Å². The predicted molar refractivity (Wildman–Crippen MR) is 87.6 cm³/mol. The van der Waals surface area contributed by atoms with E-state index < -0.39 is 0 Å². The van der Waals surface area contributed by atoms with E-state index in [-0.39, 0.29) is 36.7 Å². The van der Waals surface area contributed by atoms with Crippen LogP contribution < -0.4 is 5.32 Å². The molecule has 20 heavy (non-hydrogen) atoms. The Morgan fingerprint density at radius 1 is 1.35 bits per heavy atom. The van der Waals surface area contributed by atoms with Gasteiger partial charge in [0.25, 0.3) is 0 Å². The second kappa shape index (κ2) is 9.35. The van der Waals surface area contributed by atoms with Gasteiger partial charge in [-0.1, -0.05) is 18.2 Å². The Bertz CT molecular complexity index is 420. The van der Waals surface area contributed by atoms with Gasteiger partial charge in [-0.25, -0.2) is 4.39 Å². The van der Waals surface area contributed by atoms with Gasteiger partial charge in [-0.05, 0) is 25.0 Å². The highest BCUT2D eigenvalue weighted by molar-refractivity contribution is 5.85. The number of rotatable bonds is 4. The number of nitrogens with zero attached hydrogens (tertiary/aromatic N) is 1. The van der Waals surface area contributed by atoms with Gasteiger partial charge in [-0.15, -0.1) is 31.4 Å².